The first-order chi connectivity index (χ1) is 33.3. The van der Waals surface area contributed by atoms with Gasteiger partial charge in [0, 0.05) is 50.0 Å². The number of fused-ring (bicyclic) bond motifs is 6. The maximum atomic E-state index is 15.0. The van der Waals surface area contributed by atoms with Gasteiger partial charge in [-0.1, -0.05) is 127 Å². The van der Waals surface area contributed by atoms with Crippen molar-refractivity contribution in [1.82, 2.24) is 9.13 Å². The third kappa shape index (κ3) is 6.63. The van der Waals surface area contributed by atoms with Crippen molar-refractivity contribution in [2.24, 2.45) is 0 Å². The van der Waals surface area contributed by atoms with E-state index in [1.807, 2.05) is 65.6 Å². The van der Waals surface area contributed by atoms with Gasteiger partial charge in [0.15, 0.2) is 23.3 Å². The molecular formula is C60H36F5N3. The second kappa shape index (κ2) is 16.3. The average molecular weight is 894 g/mol. The van der Waals surface area contributed by atoms with Gasteiger partial charge in [-0.2, -0.15) is 0 Å². The highest BCUT2D eigenvalue weighted by Crippen LogP contribution is 2.41. The third-order valence-electron chi connectivity index (χ3n) is 12.9. The monoisotopic (exact) mass is 893 g/mol. The lowest BCUT2D eigenvalue weighted by molar-refractivity contribution is 0.381. The van der Waals surface area contributed by atoms with Crippen LogP contribution in [0.5, 0.6) is 0 Å². The van der Waals surface area contributed by atoms with Gasteiger partial charge in [0.1, 0.15) is 0 Å². The van der Waals surface area contributed by atoms with E-state index in [2.05, 4.69) is 143 Å². The molecule has 0 amide bonds. The largest absolute Gasteiger partial charge is 0.311 e. The molecule has 0 aliphatic carbocycles. The van der Waals surface area contributed by atoms with Gasteiger partial charge >= 0.3 is 0 Å². The molecule has 326 valence electrons. The minimum absolute atomic E-state index is 0.153. The molecule has 3 nitrogen and oxygen atoms in total. The predicted molar refractivity (Wildman–Crippen MR) is 266 cm³/mol. The van der Waals surface area contributed by atoms with Crippen molar-refractivity contribution in [3.63, 3.8) is 0 Å². The smallest absolute Gasteiger partial charge is 0.200 e. The zero-order chi connectivity index (χ0) is 46.0. The van der Waals surface area contributed by atoms with E-state index in [0.717, 1.165) is 88.6 Å². The number of benzene rings is 10. The second-order valence-corrected chi connectivity index (χ2v) is 16.8. The summed E-state index contributed by atoms with van der Waals surface area (Å²) in [5, 5.41) is 4.58. The zero-order valence-corrected chi connectivity index (χ0v) is 36.0. The molecule has 12 aromatic rings. The van der Waals surface area contributed by atoms with Crippen molar-refractivity contribution in [3.05, 3.63) is 247 Å². The van der Waals surface area contributed by atoms with E-state index in [4.69, 9.17) is 0 Å². The highest BCUT2D eigenvalue weighted by molar-refractivity contribution is 6.11. The van der Waals surface area contributed by atoms with Crippen molar-refractivity contribution < 1.29 is 22.0 Å². The van der Waals surface area contributed by atoms with Crippen LogP contribution < -0.4 is 4.90 Å². The summed E-state index contributed by atoms with van der Waals surface area (Å²) in [6.07, 6.45) is 0. The Morgan fingerprint density at radius 1 is 0.265 bits per heavy atom. The van der Waals surface area contributed by atoms with E-state index >= 15 is 0 Å². The Morgan fingerprint density at radius 2 is 0.632 bits per heavy atom. The van der Waals surface area contributed by atoms with Gasteiger partial charge in [0.2, 0.25) is 5.82 Å². The van der Waals surface area contributed by atoms with E-state index < -0.39 is 34.6 Å². The SMILES string of the molecule is Fc1c(F)c(F)c(-c2ccc(N(c3ccc(-c4ccc5c(c4)c4ccccc4n5-c4ccccc4)cc3)c3ccc(-c4ccc5c6ccccc6n(-c6ccccc6)c5c4)cc3)cc2)c(F)c1F. The molecule has 0 atom stereocenters. The fraction of sp³-hybridized carbons (Fsp3) is 0. The van der Waals surface area contributed by atoms with Crippen molar-refractivity contribution in [2.45, 2.75) is 0 Å². The summed E-state index contributed by atoms with van der Waals surface area (Å²) < 4.78 is 77.2. The molecule has 68 heavy (non-hydrogen) atoms. The zero-order valence-electron chi connectivity index (χ0n) is 36.0. The van der Waals surface area contributed by atoms with Crippen LogP contribution in [0.15, 0.2) is 218 Å². The van der Waals surface area contributed by atoms with Crippen LogP contribution in [0.2, 0.25) is 0 Å². The lowest BCUT2D eigenvalue weighted by Crippen LogP contribution is -2.10. The molecule has 0 aliphatic rings. The molecule has 0 saturated heterocycles. The van der Waals surface area contributed by atoms with Crippen LogP contribution in [0.4, 0.5) is 39.0 Å². The Kier molecular flexibility index (Phi) is 9.76. The highest BCUT2D eigenvalue weighted by atomic mass is 19.2. The van der Waals surface area contributed by atoms with E-state index in [1.165, 1.54) is 12.1 Å². The quantitative estimate of drug-likeness (QED) is 0.0841. The van der Waals surface area contributed by atoms with Crippen LogP contribution in [0.25, 0.3) is 88.4 Å². The van der Waals surface area contributed by atoms with E-state index in [-0.39, 0.29) is 5.56 Å². The van der Waals surface area contributed by atoms with Crippen molar-refractivity contribution in [2.75, 3.05) is 4.90 Å². The van der Waals surface area contributed by atoms with Gasteiger partial charge in [0.05, 0.1) is 27.6 Å². The Bertz CT molecular complexity index is 3850. The molecule has 0 unspecified atom stereocenters. The van der Waals surface area contributed by atoms with Crippen molar-refractivity contribution >= 4 is 60.7 Å². The fourth-order valence-corrected chi connectivity index (χ4v) is 9.70. The van der Waals surface area contributed by atoms with Crippen molar-refractivity contribution in [1.29, 1.82) is 0 Å². The molecule has 2 aromatic heterocycles. The minimum atomic E-state index is -2.20. The van der Waals surface area contributed by atoms with Gasteiger partial charge in [-0.15, -0.1) is 0 Å². The predicted octanol–water partition coefficient (Wildman–Crippen LogP) is 17.0. The van der Waals surface area contributed by atoms with Crippen LogP contribution in [-0.4, -0.2) is 9.13 Å². The lowest BCUT2D eigenvalue weighted by Gasteiger charge is -2.26. The van der Waals surface area contributed by atoms with Crippen LogP contribution in [0.3, 0.4) is 0 Å². The summed E-state index contributed by atoms with van der Waals surface area (Å²) in [6, 6.07) is 72.6. The van der Waals surface area contributed by atoms with Gasteiger partial charge in [-0.3, -0.25) is 0 Å². The number of hydrogen-bond donors (Lipinski definition) is 0. The number of hydrogen-bond acceptors (Lipinski definition) is 1. The van der Waals surface area contributed by atoms with Crippen molar-refractivity contribution in [3.8, 4) is 44.8 Å². The number of aromatic nitrogens is 2. The van der Waals surface area contributed by atoms with Crippen LogP contribution in [-0.2, 0) is 0 Å². The number of nitrogens with zero attached hydrogens (tertiary/aromatic N) is 3. The Hall–Kier alpha value is -8.75. The van der Waals surface area contributed by atoms with Crippen LogP contribution >= 0.6 is 0 Å². The summed E-state index contributed by atoms with van der Waals surface area (Å²) in [6.45, 7) is 0. The lowest BCUT2D eigenvalue weighted by atomic mass is 10.0. The molecule has 12 rings (SSSR count). The Balaban J connectivity index is 0.942. The fourth-order valence-electron chi connectivity index (χ4n) is 9.70. The maximum absolute atomic E-state index is 15.0. The normalized spacial score (nSPS) is 11.6. The summed E-state index contributed by atoms with van der Waals surface area (Å²) in [4.78, 5) is 1.99. The molecule has 0 bridgehead atoms. The maximum Gasteiger partial charge on any atom is 0.200 e. The van der Waals surface area contributed by atoms with Crippen LogP contribution in [0.1, 0.15) is 0 Å². The number of para-hydroxylation sites is 4. The number of anilines is 3. The summed E-state index contributed by atoms with van der Waals surface area (Å²) >= 11 is 0. The summed E-state index contributed by atoms with van der Waals surface area (Å²) in [7, 11) is 0. The molecule has 0 saturated carbocycles. The standard InChI is InChI=1S/C60H36F5N3/c61-56-55(57(62)59(64)60(65)58(56)63)39-23-31-46(32-24-39)66(44-27-19-37(20-28-44)40-26-34-53-50(35-40)48-16-8-10-18-52(48)67(53)42-11-3-1-4-12-42)45-29-21-38(22-30-45)41-25-33-49-47-15-7-9-17-51(47)68(54(49)36-41)43-13-5-2-6-14-43/h1-36H. The first kappa shape index (κ1) is 40.7. The summed E-state index contributed by atoms with van der Waals surface area (Å²) in [5.74, 6) is -9.96. The molecule has 10 aromatic carbocycles. The highest BCUT2D eigenvalue weighted by Gasteiger charge is 2.27. The molecule has 2 heterocycles. The van der Waals surface area contributed by atoms with E-state index in [9.17, 15) is 22.0 Å². The molecular weight excluding hydrogens is 858 g/mol. The van der Waals surface area contributed by atoms with Gasteiger partial charge in [0.25, 0.3) is 0 Å². The summed E-state index contributed by atoms with van der Waals surface area (Å²) in [5.41, 5.74) is 11.6. The van der Waals surface area contributed by atoms with E-state index in [0.29, 0.717) is 5.69 Å². The number of halogens is 5. The molecule has 0 spiro atoms. The molecule has 0 N–H and O–H groups in total. The molecule has 8 heteroatoms. The molecule has 0 aliphatic heterocycles. The van der Waals surface area contributed by atoms with Gasteiger partial charge in [-0.05, 0) is 119 Å². The average Bonchev–Trinajstić information content (AvgIpc) is 3.91. The minimum Gasteiger partial charge on any atom is -0.311 e. The molecule has 0 radical (unpaired) electrons. The van der Waals surface area contributed by atoms with Gasteiger partial charge < -0.3 is 14.0 Å². The van der Waals surface area contributed by atoms with E-state index in [1.54, 1.807) is 12.1 Å². The molecule has 0 fully saturated rings. The third-order valence-corrected chi connectivity index (χ3v) is 12.9. The van der Waals surface area contributed by atoms with Crippen LogP contribution in [0, 0.1) is 29.1 Å². The first-order valence-corrected chi connectivity index (χ1v) is 22.1. The number of rotatable bonds is 8. The Labute approximate surface area is 387 Å². The van der Waals surface area contributed by atoms with Gasteiger partial charge in [-0.25, -0.2) is 22.0 Å². The topological polar surface area (TPSA) is 13.1 Å². The first-order valence-electron chi connectivity index (χ1n) is 22.1. The Morgan fingerprint density at radius 3 is 1.16 bits per heavy atom. The second-order valence-electron chi connectivity index (χ2n) is 16.8.